The Bertz CT molecular complexity index is 3400. The van der Waals surface area contributed by atoms with Gasteiger partial charge in [-0.25, -0.2) is 0 Å². The van der Waals surface area contributed by atoms with E-state index in [2.05, 4.69) is 158 Å². The van der Waals surface area contributed by atoms with E-state index in [1.165, 1.54) is 23.6 Å². The first-order valence-corrected chi connectivity index (χ1v) is 38.7. The number of halogens is 1. The smallest absolute Gasteiger partial charge is 0.317 e. The molecule has 5 aliphatic heterocycles. The summed E-state index contributed by atoms with van der Waals surface area (Å²) in [6, 6.07) is 32.6. The summed E-state index contributed by atoms with van der Waals surface area (Å²) in [6.45, 7) is 20.4. The maximum atomic E-state index is 15.4. The highest BCUT2D eigenvalue weighted by molar-refractivity contribution is 5.85. The molecular formula is C81H120ClNO25. The van der Waals surface area contributed by atoms with E-state index in [1.807, 2.05) is 0 Å². The van der Waals surface area contributed by atoms with Gasteiger partial charge in [0.2, 0.25) is 6.29 Å². The van der Waals surface area contributed by atoms with E-state index in [4.69, 9.17) is 47.4 Å². The monoisotopic (exact) mass is 1540 g/mol. The molecule has 33 unspecified atom stereocenters. The number of hydrogen-bond donors (Lipinski definition) is 15. The molecule has 15 N–H and O–H groups in total. The minimum Gasteiger partial charge on any atom is -0.432 e. The van der Waals surface area contributed by atoms with Gasteiger partial charge in [0.1, 0.15) is 97.0 Å². The molecule has 3 aromatic rings. The Labute approximate surface area is 639 Å². The van der Waals surface area contributed by atoms with E-state index in [1.54, 1.807) is 6.92 Å². The van der Waals surface area contributed by atoms with Gasteiger partial charge in [-0.05, 0) is 153 Å². The zero-order chi connectivity index (χ0) is 77.2. The molecule has 33 atom stereocenters. The molecule has 0 aromatic heterocycles. The Morgan fingerprint density at radius 2 is 1.05 bits per heavy atom. The number of ether oxygens (including phenoxy) is 10. The van der Waals surface area contributed by atoms with Crippen LogP contribution >= 0.6 is 12.4 Å². The fourth-order valence-electron chi connectivity index (χ4n) is 20.7. The Morgan fingerprint density at radius 1 is 0.537 bits per heavy atom. The zero-order valence-corrected chi connectivity index (χ0v) is 64.4. The SMILES string of the molecule is CC(NCCC(c1ccccc1)c1ccccc1)c1ccccc1.CC1OC(OC2CCC3(C)C(CCC4(C)C3CC=C3C5CC(C)(C)CCC5(C(=O)OC5OCC(O)C(O)C5OC5OC(C)C(OC6OC(CO)C(O)C(O)C6O)C(O)C5O)C(O)CC34C)C2(C)C)C(O)C(O)C1OC1OCC(O)C(O)C1O.Cl. The van der Waals surface area contributed by atoms with Crippen LogP contribution in [0.5, 0.6) is 0 Å². The fourth-order valence-corrected chi connectivity index (χ4v) is 20.7. The summed E-state index contributed by atoms with van der Waals surface area (Å²) in [6.07, 6.45) is -28.1. The third-order valence-corrected chi connectivity index (χ3v) is 27.3. The highest BCUT2D eigenvalue weighted by Crippen LogP contribution is 2.76. The molecule has 10 aliphatic rings. The molecule has 0 bridgehead atoms. The molecule has 27 heteroatoms. The molecule has 0 spiro atoms. The Hall–Kier alpha value is -3.80. The van der Waals surface area contributed by atoms with Crippen molar-refractivity contribution in [3.63, 3.8) is 0 Å². The minimum atomic E-state index is -1.93. The lowest BCUT2D eigenvalue weighted by Crippen LogP contribution is -2.68. The van der Waals surface area contributed by atoms with Gasteiger partial charge in [-0.2, -0.15) is 0 Å². The van der Waals surface area contributed by atoms with Gasteiger partial charge in [0.05, 0.1) is 44.2 Å². The van der Waals surface area contributed by atoms with Crippen molar-refractivity contribution in [2.24, 2.45) is 50.2 Å². The highest BCUT2D eigenvalue weighted by Gasteiger charge is 2.72. The Kier molecular flexibility index (Phi) is 26.7. The molecule has 4 saturated carbocycles. The molecule has 0 radical (unpaired) electrons. The van der Waals surface area contributed by atoms with Crippen LogP contribution in [-0.2, 0) is 52.2 Å². The van der Waals surface area contributed by atoms with Crippen LogP contribution in [0.1, 0.15) is 162 Å². The summed E-state index contributed by atoms with van der Waals surface area (Å²) < 4.78 is 59.6. The quantitative estimate of drug-likeness (QED) is 0.0485. The van der Waals surface area contributed by atoms with Crippen LogP contribution in [0.4, 0.5) is 0 Å². The first-order chi connectivity index (χ1) is 50.6. The molecule has 9 fully saturated rings. The number of carbonyl (C=O) groups excluding carboxylic acids is 1. The van der Waals surface area contributed by atoms with Gasteiger partial charge in [0.25, 0.3) is 0 Å². The molecule has 26 nitrogen and oxygen atoms in total. The summed E-state index contributed by atoms with van der Waals surface area (Å²) >= 11 is 0. The number of aliphatic hydroxyl groups excluding tert-OH is 14. The van der Waals surface area contributed by atoms with E-state index in [-0.39, 0.29) is 59.9 Å². The van der Waals surface area contributed by atoms with Crippen molar-refractivity contribution in [3.05, 3.63) is 119 Å². The Balaban J connectivity index is 0.000000392. The number of esters is 1. The largest absolute Gasteiger partial charge is 0.432 e. The number of aliphatic hydroxyl groups is 14. The number of allylic oxidation sites excluding steroid dienone is 2. The van der Waals surface area contributed by atoms with Gasteiger partial charge in [-0.1, -0.05) is 151 Å². The lowest BCUT2D eigenvalue weighted by molar-refractivity contribution is -0.374. The van der Waals surface area contributed by atoms with Gasteiger partial charge in [0.15, 0.2) is 31.3 Å². The van der Waals surface area contributed by atoms with E-state index in [0.29, 0.717) is 37.6 Å². The maximum absolute atomic E-state index is 15.4. The van der Waals surface area contributed by atoms with E-state index in [0.717, 1.165) is 37.8 Å². The van der Waals surface area contributed by atoms with Crippen LogP contribution in [0.2, 0.25) is 0 Å². The number of hydrogen-bond acceptors (Lipinski definition) is 26. The summed E-state index contributed by atoms with van der Waals surface area (Å²) in [4.78, 5) is 15.4. The normalized spacial score (nSPS) is 45.1. The molecule has 108 heavy (non-hydrogen) atoms. The molecule has 13 rings (SSSR count). The van der Waals surface area contributed by atoms with Crippen LogP contribution in [0.25, 0.3) is 0 Å². The number of nitrogens with one attached hydrogen (secondary N) is 1. The number of rotatable bonds is 18. The standard InChI is InChI=1S/C58H94O25.C23H25N.ClH/c1-23-44(80-47-40(69)34(63)27(60)21-74-47)38(67)42(71)48(76-23)79-33-13-14-55(7)30(54(33,5)6)12-15-56(8)31(55)11-10-25-26-18-53(3,4)16-17-58(26,32(62)19-57(25,56)9)52(73)83-51-46(35(64)28(61)22-75-51)82-49-43(72)39(68)45(24(2)77-49)81-50-41(70)37(66)36(65)29(20-59)78-50;1-19(20-11-5-2-6-12-20)24-18-17-23(21-13-7-3-8-14-21)22-15-9-4-10-16-22;/h10,23-24,26-51,59-72H,11-22H2,1-9H3;2-16,19,23-24H,17-18H2,1H3;1H. The first kappa shape index (κ1) is 85.1. The predicted octanol–water partition coefficient (Wildman–Crippen LogP) is 4.07. The predicted molar refractivity (Wildman–Crippen MR) is 391 cm³/mol. The van der Waals surface area contributed by atoms with Crippen LogP contribution in [0.3, 0.4) is 0 Å². The molecule has 5 aliphatic carbocycles. The second kappa shape index (κ2) is 33.9. The average molecular weight is 1540 g/mol. The molecule has 5 saturated heterocycles. The number of benzene rings is 3. The van der Waals surface area contributed by atoms with Crippen LogP contribution < -0.4 is 5.32 Å². The van der Waals surface area contributed by atoms with Gasteiger partial charge >= 0.3 is 5.97 Å². The second-order valence-corrected chi connectivity index (χ2v) is 34.5. The van der Waals surface area contributed by atoms with E-state index in [9.17, 15) is 71.5 Å². The number of fused-ring (bicyclic) bond motifs is 7. The van der Waals surface area contributed by atoms with Crippen molar-refractivity contribution in [1.29, 1.82) is 0 Å². The third-order valence-electron chi connectivity index (χ3n) is 27.3. The topological polar surface area (TPSA) is 405 Å². The van der Waals surface area contributed by atoms with E-state index < -0.39 is 195 Å². The minimum absolute atomic E-state index is 0. The van der Waals surface area contributed by atoms with Crippen LogP contribution in [0.15, 0.2) is 103 Å². The third kappa shape index (κ3) is 16.1. The molecule has 0 amide bonds. The second-order valence-electron chi connectivity index (χ2n) is 34.5. The lowest BCUT2D eigenvalue weighted by atomic mass is 9.33. The van der Waals surface area contributed by atoms with Crippen molar-refractivity contribution in [2.75, 3.05) is 26.4 Å². The highest BCUT2D eigenvalue weighted by atomic mass is 35.5. The van der Waals surface area contributed by atoms with E-state index >= 15 is 4.79 Å². The zero-order valence-electron chi connectivity index (χ0n) is 63.6. The number of carbonyl (C=O) groups is 1. The van der Waals surface area contributed by atoms with Crippen molar-refractivity contribution < 1.29 is 124 Å². The van der Waals surface area contributed by atoms with Gasteiger partial charge in [0, 0.05) is 12.0 Å². The van der Waals surface area contributed by atoms with Crippen LogP contribution in [-0.4, -0.2) is 257 Å². The Morgan fingerprint density at radius 3 is 1.63 bits per heavy atom. The van der Waals surface area contributed by atoms with Gasteiger partial charge in [-0.3, -0.25) is 4.79 Å². The fraction of sp³-hybridized carbons (Fsp3) is 0.741. The molecular weight excluding hydrogens is 1420 g/mol. The molecule has 5 heterocycles. The van der Waals surface area contributed by atoms with Gasteiger partial charge in [-0.15, -0.1) is 12.4 Å². The summed E-state index contributed by atoms with van der Waals surface area (Å²) in [5.74, 6) is -0.569. The van der Waals surface area contributed by atoms with Crippen molar-refractivity contribution in [1.82, 2.24) is 5.32 Å². The van der Waals surface area contributed by atoms with Crippen molar-refractivity contribution in [2.45, 2.75) is 299 Å². The van der Waals surface area contributed by atoms with Crippen molar-refractivity contribution >= 4 is 18.4 Å². The first-order valence-electron chi connectivity index (χ1n) is 38.7. The molecule has 3 aromatic carbocycles. The van der Waals surface area contributed by atoms with Gasteiger partial charge < -0.3 is 124 Å². The summed E-state index contributed by atoms with van der Waals surface area (Å²) in [5.41, 5.74) is 1.84. The lowest BCUT2D eigenvalue weighted by Gasteiger charge is -2.71. The maximum Gasteiger partial charge on any atom is 0.317 e. The average Bonchev–Trinajstić information content (AvgIpc) is 0.671. The molecule has 606 valence electrons. The summed E-state index contributed by atoms with van der Waals surface area (Å²) in [7, 11) is 0. The van der Waals surface area contributed by atoms with Crippen molar-refractivity contribution in [3.8, 4) is 0 Å². The van der Waals surface area contributed by atoms with Crippen LogP contribution in [0, 0.1) is 50.2 Å². The summed E-state index contributed by atoms with van der Waals surface area (Å²) in [5, 5.41) is 156.